The van der Waals surface area contributed by atoms with Crippen molar-refractivity contribution in [3.63, 3.8) is 0 Å². The van der Waals surface area contributed by atoms with Gasteiger partial charge in [0, 0.05) is 41.4 Å². The minimum atomic E-state index is -0.109. The molecule has 1 aliphatic heterocycles. The lowest BCUT2D eigenvalue weighted by Gasteiger charge is -2.33. The molecular weight excluding hydrogens is 346 g/mol. The van der Waals surface area contributed by atoms with E-state index in [0.717, 1.165) is 47.5 Å². The van der Waals surface area contributed by atoms with Crippen LogP contribution in [0.15, 0.2) is 48.0 Å². The molecule has 2 aromatic heterocycles. The zero-order chi connectivity index (χ0) is 17.9. The molecule has 0 spiro atoms. The first-order valence-electron chi connectivity index (χ1n) is 8.84. The molecule has 1 amide bonds. The number of aliphatic hydroxyl groups is 1. The van der Waals surface area contributed by atoms with Crippen molar-refractivity contribution in [2.75, 3.05) is 29.9 Å². The third-order valence-electron chi connectivity index (χ3n) is 4.93. The third kappa shape index (κ3) is 3.30. The van der Waals surface area contributed by atoms with Gasteiger partial charge in [-0.15, -0.1) is 11.3 Å². The first-order chi connectivity index (χ1) is 12.8. The van der Waals surface area contributed by atoms with Gasteiger partial charge in [0.05, 0.1) is 11.3 Å². The van der Waals surface area contributed by atoms with Gasteiger partial charge in [-0.3, -0.25) is 4.79 Å². The van der Waals surface area contributed by atoms with Crippen molar-refractivity contribution in [1.82, 2.24) is 4.98 Å². The van der Waals surface area contributed by atoms with Crippen LogP contribution >= 0.6 is 11.3 Å². The molecule has 3 aromatic rings. The fraction of sp³-hybridized carbons (Fsp3) is 0.300. The Balaban J connectivity index is 1.56. The van der Waals surface area contributed by atoms with Gasteiger partial charge in [0.15, 0.2) is 5.82 Å². The maximum absolute atomic E-state index is 12.8. The standard InChI is InChI=1S/C20H21N3O2S/c24-12-14-7-10-23(11-8-14)19-17(5-3-9-21-19)22-20(25)16-13-26-18-6-2-1-4-15(16)18/h1-6,9,13-14,24H,7-8,10-12H2,(H,22,25). The Morgan fingerprint density at radius 3 is 2.85 bits per heavy atom. The summed E-state index contributed by atoms with van der Waals surface area (Å²) in [6, 6.07) is 11.7. The van der Waals surface area contributed by atoms with Crippen molar-refractivity contribution in [1.29, 1.82) is 0 Å². The second-order valence-corrected chi connectivity index (χ2v) is 7.50. The van der Waals surface area contributed by atoms with Crippen LogP contribution in [0.1, 0.15) is 23.2 Å². The van der Waals surface area contributed by atoms with E-state index in [9.17, 15) is 9.90 Å². The maximum Gasteiger partial charge on any atom is 0.257 e. The number of nitrogens with one attached hydrogen (secondary N) is 1. The normalized spacial score (nSPS) is 15.3. The molecule has 0 radical (unpaired) electrons. The van der Waals surface area contributed by atoms with E-state index in [2.05, 4.69) is 15.2 Å². The van der Waals surface area contributed by atoms with Crippen LogP contribution in [-0.4, -0.2) is 35.7 Å². The summed E-state index contributed by atoms with van der Waals surface area (Å²) in [7, 11) is 0. The molecule has 134 valence electrons. The number of aromatic nitrogens is 1. The molecule has 2 N–H and O–H groups in total. The molecule has 4 rings (SSSR count). The molecule has 0 aliphatic carbocycles. The smallest absolute Gasteiger partial charge is 0.257 e. The summed E-state index contributed by atoms with van der Waals surface area (Å²) in [5.41, 5.74) is 1.43. The number of fused-ring (bicyclic) bond motifs is 1. The van der Waals surface area contributed by atoms with Crippen LogP contribution in [0.4, 0.5) is 11.5 Å². The third-order valence-corrected chi connectivity index (χ3v) is 5.90. The largest absolute Gasteiger partial charge is 0.396 e. The number of amides is 1. The molecule has 1 saturated heterocycles. The monoisotopic (exact) mass is 367 g/mol. The molecule has 1 aliphatic rings. The van der Waals surface area contributed by atoms with Crippen LogP contribution in [0, 0.1) is 5.92 Å². The van der Waals surface area contributed by atoms with Gasteiger partial charge in [-0.25, -0.2) is 4.98 Å². The average molecular weight is 367 g/mol. The van der Waals surface area contributed by atoms with Crippen molar-refractivity contribution < 1.29 is 9.90 Å². The molecule has 0 saturated carbocycles. The summed E-state index contributed by atoms with van der Waals surface area (Å²) in [6.45, 7) is 1.92. The highest BCUT2D eigenvalue weighted by molar-refractivity contribution is 7.17. The van der Waals surface area contributed by atoms with Crippen LogP contribution in [0.25, 0.3) is 10.1 Å². The second-order valence-electron chi connectivity index (χ2n) is 6.59. The fourth-order valence-electron chi connectivity index (χ4n) is 3.42. The van der Waals surface area contributed by atoms with E-state index >= 15 is 0 Å². The molecule has 6 heteroatoms. The van der Waals surface area contributed by atoms with Crippen molar-refractivity contribution in [3.8, 4) is 0 Å². The van der Waals surface area contributed by atoms with E-state index in [0.29, 0.717) is 11.5 Å². The Bertz CT molecular complexity index is 916. The van der Waals surface area contributed by atoms with Crippen molar-refractivity contribution in [3.05, 3.63) is 53.5 Å². The SMILES string of the molecule is O=C(Nc1cccnc1N1CCC(CO)CC1)c1csc2ccccc12. The number of anilines is 2. The highest BCUT2D eigenvalue weighted by atomic mass is 32.1. The molecule has 3 heterocycles. The number of piperidine rings is 1. The first-order valence-corrected chi connectivity index (χ1v) is 9.72. The quantitative estimate of drug-likeness (QED) is 0.737. The van der Waals surface area contributed by atoms with Gasteiger partial charge in [-0.05, 0) is 37.0 Å². The van der Waals surface area contributed by atoms with Gasteiger partial charge < -0.3 is 15.3 Å². The van der Waals surface area contributed by atoms with Gasteiger partial charge in [-0.1, -0.05) is 18.2 Å². The van der Waals surface area contributed by atoms with Crippen LogP contribution in [0.2, 0.25) is 0 Å². The highest BCUT2D eigenvalue weighted by Gasteiger charge is 2.22. The van der Waals surface area contributed by atoms with Crippen LogP contribution in [0.5, 0.6) is 0 Å². The van der Waals surface area contributed by atoms with E-state index in [1.807, 2.05) is 41.8 Å². The number of carbonyl (C=O) groups is 1. The lowest BCUT2D eigenvalue weighted by Crippen LogP contribution is -2.35. The number of nitrogens with zero attached hydrogens (tertiary/aromatic N) is 2. The summed E-state index contributed by atoms with van der Waals surface area (Å²) in [4.78, 5) is 19.5. The molecule has 0 unspecified atom stereocenters. The number of carbonyl (C=O) groups excluding carboxylic acids is 1. The summed E-state index contributed by atoms with van der Waals surface area (Å²) < 4.78 is 1.11. The molecule has 1 aromatic carbocycles. The molecule has 0 atom stereocenters. The summed E-state index contributed by atoms with van der Waals surface area (Å²) >= 11 is 1.58. The van der Waals surface area contributed by atoms with E-state index in [1.54, 1.807) is 17.5 Å². The van der Waals surface area contributed by atoms with Gasteiger partial charge in [0.2, 0.25) is 0 Å². The lowest BCUT2D eigenvalue weighted by molar-refractivity contribution is 0.102. The number of hydrogen-bond acceptors (Lipinski definition) is 5. The summed E-state index contributed by atoms with van der Waals surface area (Å²) in [6.07, 6.45) is 3.63. The minimum absolute atomic E-state index is 0.109. The van der Waals surface area contributed by atoms with Crippen molar-refractivity contribution in [2.24, 2.45) is 5.92 Å². The molecule has 0 bridgehead atoms. The predicted molar refractivity (Wildman–Crippen MR) is 106 cm³/mol. The predicted octanol–water partition coefficient (Wildman–Crippen LogP) is 3.76. The fourth-order valence-corrected chi connectivity index (χ4v) is 4.36. The second kappa shape index (κ2) is 7.43. The summed E-state index contributed by atoms with van der Waals surface area (Å²) in [5, 5.41) is 15.2. The molecule has 1 fully saturated rings. The number of pyridine rings is 1. The molecule has 26 heavy (non-hydrogen) atoms. The number of benzene rings is 1. The Hall–Kier alpha value is -2.44. The van der Waals surface area contributed by atoms with Crippen LogP contribution in [-0.2, 0) is 0 Å². The Labute approximate surface area is 156 Å². The van der Waals surface area contributed by atoms with E-state index < -0.39 is 0 Å². The summed E-state index contributed by atoms with van der Waals surface area (Å²) in [5.74, 6) is 1.06. The molecule has 5 nitrogen and oxygen atoms in total. The zero-order valence-corrected chi connectivity index (χ0v) is 15.2. The minimum Gasteiger partial charge on any atom is -0.396 e. The Morgan fingerprint density at radius 2 is 2.04 bits per heavy atom. The van der Waals surface area contributed by atoms with Gasteiger partial charge in [0.1, 0.15) is 0 Å². The average Bonchev–Trinajstić information content (AvgIpc) is 3.13. The number of aliphatic hydroxyl groups excluding tert-OH is 1. The molecular formula is C20H21N3O2S. The van der Waals surface area contributed by atoms with E-state index in [1.165, 1.54) is 0 Å². The van der Waals surface area contributed by atoms with Gasteiger partial charge in [-0.2, -0.15) is 0 Å². The topological polar surface area (TPSA) is 65.5 Å². The number of thiophene rings is 1. The Kier molecular flexibility index (Phi) is 4.86. The zero-order valence-electron chi connectivity index (χ0n) is 14.4. The van der Waals surface area contributed by atoms with Gasteiger partial charge >= 0.3 is 0 Å². The van der Waals surface area contributed by atoms with E-state index in [4.69, 9.17) is 0 Å². The first kappa shape index (κ1) is 17.0. The number of hydrogen-bond donors (Lipinski definition) is 2. The number of rotatable bonds is 4. The van der Waals surface area contributed by atoms with Gasteiger partial charge in [0.25, 0.3) is 5.91 Å². The maximum atomic E-state index is 12.8. The Morgan fingerprint density at radius 1 is 1.23 bits per heavy atom. The lowest BCUT2D eigenvalue weighted by atomic mass is 9.98. The van der Waals surface area contributed by atoms with Crippen molar-refractivity contribution in [2.45, 2.75) is 12.8 Å². The highest BCUT2D eigenvalue weighted by Crippen LogP contribution is 2.30. The van der Waals surface area contributed by atoms with Crippen LogP contribution < -0.4 is 10.2 Å². The van der Waals surface area contributed by atoms with Crippen LogP contribution in [0.3, 0.4) is 0 Å². The van der Waals surface area contributed by atoms with E-state index in [-0.39, 0.29) is 12.5 Å². The van der Waals surface area contributed by atoms with Crippen molar-refractivity contribution >= 4 is 38.8 Å².